The van der Waals surface area contributed by atoms with Gasteiger partial charge in [0.25, 0.3) is 0 Å². The molecule has 0 saturated carbocycles. The number of nitrogens with zero attached hydrogens (tertiary/aromatic N) is 8. The number of likely N-dealkylation sites (N-methyl/N-ethyl adjacent to an activating group) is 1. The predicted octanol–water partition coefficient (Wildman–Crippen LogP) is 2.50. The first-order valence-corrected chi connectivity index (χ1v) is 10.7. The molecule has 0 aliphatic carbocycles. The molecule has 1 aliphatic rings. The molecule has 4 aromatic rings. The third-order valence-corrected chi connectivity index (χ3v) is 6.29. The molecule has 162 valence electrons. The van der Waals surface area contributed by atoms with Crippen LogP contribution in [0.4, 0.5) is 5.82 Å². The van der Waals surface area contributed by atoms with Crippen LogP contribution in [0.15, 0.2) is 43.1 Å². The number of nitriles is 1. The van der Waals surface area contributed by atoms with Crippen LogP contribution in [0.3, 0.4) is 0 Å². The molecule has 9 heteroatoms. The van der Waals surface area contributed by atoms with E-state index in [2.05, 4.69) is 33.4 Å². The second kappa shape index (κ2) is 8.05. The van der Waals surface area contributed by atoms with Crippen LogP contribution in [-0.2, 0) is 7.05 Å². The van der Waals surface area contributed by atoms with E-state index in [0.29, 0.717) is 28.7 Å². The number of hydrogen-bond acceptors (Lipinski definition) is 7. The Bertz CT molecular complexity index is 1300. The fourth-order valence-electron chi connectivity index (χ4n) is 4.36. The Kier molecular flexibility index (Phi) is 5.07. The molecule has 1 aliphatic heterocycles. The summed E-state index contributed by atoms with van der Waals surface area (Å²) in [5.41, 5.74) is 4.30. The molecule has 5 rings (SSSR count). The minimum Gasteiger partial charge on any atom is -0.355 e. The Morgan fingerprint density at radius 2 is 2.00 bits per heavy atom. The first-order chi connectivity index (χ1) is 15.6. The molecule has 2 atom stereocenters. The average Bonchev–Trinajstić information content (AvgIpc) is 3.45. The van der Waals surface area contributed by atoms with Crippen LogP contribution in [0.25, 0.3) is 28.0 Å². The number of piperidine rings is 1. The molecule has 5 heterocycles. The number of nitrogens with one attached hydrogen (secondary N) is 1. The maximum absolute atomic E-state index is 9.60. The summed E-state index contributed by atoms with van der Waals surface area (Å²) in [6, 6.07) is 6.74. The van der Waals surface area contributed by atoms with Crippen LogP contribution in [-0.4, -0.2) is 55.5 Å². The summed E-state index contributed by atoms with van der Waals surface area (Å²) < 4.78 is 3.44. The molecular weight excluding hydrogens is 402 g/mol. The summed E-state index contributed by atoms with van der Waals surface area (Å²) in [7, 11) is 3.89. The van der Waals surface area contributed by atoms with Crippen LogP contribution in [0, 0.1) is 17.2 Å². The number of rotatable bonds is 4. The van der Waals surface area contributed by atoms with Crippen molar-refractivity contribution in [2.75, 3.05) is 25.0 Å². The van der Waals surface area contributed by atoms with Gasteiger partial charge in [-0.15, -0.1) is 0 Å². The minimum atomic E-state index is 0.452. The Hall–Kier alpha value is -3.77. The molecule has 1 N–H and O–H groups in total. The quantitative estimate of drug-likeness (QED) is 0.534. The van der Waals surface area contributed by atoms with E-state index in [1.807, 2.05) is 44.8 Å². The zero-order valence-corrected chi connectivity index (χ0v) is 18.4. The van der Waals surface area contributed by atoms with Gasteiger partial charge in [-0.1, -0.05) is 6.92 Å². The molecule has 0 aromatic carbocycles. The second-order valence-electron chi connectivity index (χ2n) is 8.35. The van der Waals surface area contributed by atoms with Gasteiger partial charge >= 0.3 is 0 Å². The van der Waals surface area contributed by atoms with Crippen molar-refractivity contribution in [2.24, 2.45) is 13.0 Å². The zero-order chi connectivity index (χ0) is 22.2. The van der Waals surface area contributed by atoms with Gasteiger partial charge in [-0.3, -0.25) is 4.68 Å². The van der Waals surface area contributed by atoms with Crippen molar-refractivity contribution in [1.82, 2.24) is 34.7 Å². The topological polar surface area (TPSA) is 100.0 Å². The third kappa shape index (κ3) is 3.48. The molecule has 32 heavy (non-hydrogen) atoms. The summed E-state index contributed by atoms with van der Waals surface area (Å²) in [4.78, 5) is 12.0. The van der Waals surface area contributed by atoms with Crippen LogP contribution >= 0.6 is 0 Å². The van der Waals surface area contributed by atoms with Crippen LogP contribution in [0.2, 0.25) is 0 Å². The number of aryl methyl sites for hydroxylation is 1. The Morgan fingerprint density at radius 1 is 1.12 bits per heavy atom. The van der Waals surface area contributed by atoms with Gasteiger partial charge in [-0.05, 0) is 31.5 Å². The van der Waals surface area contributed by atoms with Crippen LogP contribution < -0.4 is 10.2 Å². The maximum Gasteiger partial charge on any atom is 0.128 e. The van der Waals surface area contributed by atoms with Crippen molar-refractivity contribution in [3.05, 3.63) is 48.7 Å². The highest BCUT2D eigenvalue weighted by atomic mass is 15.2. The molecular formula is C23H25N9. The van der Waals surface area contributed by atoms with Crippen LogP contribution in [0.5, 0.6) is 0 Å². The summed E-state index contributed by atoms with van der Waals surface area (Å²) in [6.07, 6.45) is 10.0. The number of fused-ring (bicyclic) bond motifs is 1. The minimum absolute atomic E-state index is 0.452. The monoisotopic (exact) mass is 427 g/mol. The summed E-state index contributed by atoms with van der Waals surface area (Å²) in [6.45, 7) is 4.22. The van der Waals surface area contributed by atoms with Gasteiger partial charge < -0.3 is 10.2 Å². The molecule has 0 amide bonds. The van der Waals surface area contributed by atoms with E-state index in [-0.39, 0.29) is 0 Å². The van der Waals surface area contributed by atoms with E-state index in [1.165, 1.54) is 0 Å². The van der Waals surface area contributed by atoms with E-state index in [1.54, 1.807) is 21.6 Å². The highest BCUT2D eigenvalue weighted by molar-refractivity contribution is 5.83. The van der Waals surface area contributed by atoms with Gasteiger partial charge in [0.1, 0.15) is 23.0 Å². The molecule has 4 aromatic heterocycles. The molecule has 1 saturated heterocycles. The second-order valence-corrected chi connectivity index (χ2v) is 8.35. The highest BCUT2D eigenvalue weighted by Crippen LogP contribution is 2.30. The van der Waals surface area contributed by atoms with Gasteiger partial charge in [0.2, 0.25) is 0 Å². The van der Waals surface area contributed by atoms with Gasteiger partial charge in [0.15, 0.2) is 0 Å². The first-order valence-electron chi connectivity index (χ1n) is 10.7. The predicted molar refractivity (Wildman–Crippen MR) is 122 cm³/mol. The highest BCUT2D eigenvalue weighted by Gasteiger charge is 2.25. The van der Waals surface area contributed by atoms with E-state index in [9.17, 15) is 5.26 Å². The Labute approximate surface area is 186 Å². The summed E-state index contributed by atoms with van der Waals surface area (Å²) in [5.74, 6) is 1.60. The fourth-order valence-corrected chi connectivity index (χ4v) is 4.36. The van der Waals surface area contributed by atoms with Crippen LogP contribution in [0.1, 0.15) is 18.9 Å². The SMILES string of the molecule is CN[C@@H]1CN(c2ccc(-c3nc(-c4cnn(C)c4)cn4ncc(C#N)c34)cn2)CC[C@@H]1C. The van der Waals surface area contributed by atoms with Crippen molar-refractivity contribution in [1.29, 1.82) is 5.26 Å². The molecule has 1 fully saturated rings. The largest absolute Gasteiger partial charge is 0.355 e. The fraction of sp³-hybridized carbons (Fsp3) is 0.348. The lowest BCUT2D eigenvalue weighted by atomic mass is 9.93. The van der Waals surface area contributed by atoms with Crippen molar-refractivity contribution in [3.63, 3.8) is 0 Å². The van der Waals surface area contributed by atoms with Gasteiger partial charge in [-0.2, -0.15) is 15.5 Å². The van der Waals surface area contributed by atoms with Gasteiger partial charge in [-0.25, -0.2) is 14.5 Å². The average molecular weight is 428 g/mol. The number of anilines is 1. The first kappa shape index (κ1) is 20.2. The maximum atomic E-state index is 9.60. The van der Waals surface area contributed by atoms with Crippen molar-refractivity contribution >= 4 is 11.3 Å². The molecule has 0 spiro atoms. The number of hydrogen-bond donors (Lipinski definition) is 1. The van der Waals surface area contributed by atoms with E-state index >= 15 is 0 Å². The number of pyridine rings is 1. The van der Waals surface area contributed by atoms with Gasteiger partial charge in [0, 0.05) is 49.7 Å². The van der Waals surface area contributed by atoms with E-state index in [0.717, 1.165) is 42.1 Å². The summed E-state index contributed by atoms with van der Waals surface area (Å²) >= 11 is 0. The lowest BCUT2D eigenvalue weighted by molar-refractivity contribution is 0.337. The van der Waals surface area contributed by atoms with Crippen molar-refractivity contribution in [3.8, 4) is 28.6 Å². The molecule has 0 unspecified atom stereocenters. The zero-order valence-electron chi connectivity index (χ0n) is 18.4. The molecule has 9 nitrogen and oxygen atoms in total. The normalized spacial score (nSPS) is 18.8. The smallest absolute Gasteiger partial charge is 0.128 e. The lowest BCUT2D eigenvalue weighted by Crippen LogP contribution is -2.49. The van der Waals surface area contributed by atoms with Gasteiger partial charge in [0.05, 0.1) is 30.0 Å². The molecule has 0 radical (unpaired) electrons. The van der Waals surface area contributed by atoms with E-state index in [4.69, 9.17) is 9.97 Å². The lowest BCUT2D eigenvalue weighted by Gasteiger charge is -2.37. The standard InChI is InChI=1S/C23H25N9/c1-15-6-7-31(13-19(15)25-2)21-5-4-16(9-26-21)22-23-17(8-24)10-28-32(23)14-20(29-22)18-11-27-30(3)12-18/h4-5,9-12,14-15,19,25H,6-7,13H2,1-3H3/t15-,19+/m0/s1. The Morgan fingerprint density at radius 3 is 2.69 bits per heavy atom. The van der Waals surface area contributed by atoms with E-state index < -0.39 is 0 Å². The van der Waals surface area contributed by atoms with Crippen molar-refractivity contribution in [2.45, 2.75) is 19.4 Å². The Balaban J connectivity index is 1.55. The van der Waals surface area contributed by atoms with Crippen molar-refractivity contribution < 1.29 is 0 Å². The third-order valence-electron chi connectivity index (χ3n) is 6.29. The molecule has 0 bridgehead atoms. The number of aromatic nitrogens is 6. The summed E-state index contributed by atoms with van der Waals surface area (Å²) in [5, 5.41) is 21.6.